The molecule has 1 atom stereocenters. The fourth-order valence-electron chi connectivity index (χ4n) is 2.18. The minimum absolute atomic E-state index is 0.0247. The molecule has 0 radical (unpaired) electrons. The van der Waals surface area contributed by atoms with Crippen molar-refractivity contribution in [1.82, 2.24) is 9.88 Å². The largest absolute Gasteiger partial charge is 0.493 e. The van der Waals surface area contributed by atoms with Crippen LogP contribution in [-0.4, -0.2) is 32.7 Å². The van der Waals surface area contributed by atoms with E-state index < -0.39 is 5.60 Å². The lowest BCUT2D eigenvalue weighted by Gasteiger charge is -2.35. The molecule has 1 aliphatic rings. The van der Waals surface area contributed by atoms with E-state index in [1.54, 1.807) is 17.2 Å². The number of hydrogen-bond donors (Lipinski definition) is 1. The molecule has 0 saturated carbocycles. The van der Waals surface area contributed by atoms with Gasteiger partial charge in [-0.05, 0) is 45.2 Å². The Morgan fingerprint density at radius 1 is 1.47 bits per heavy atom. The van der Waals surface area contributed by atoms with Gasteiger partial charge >= 0.3 is 6.09 Å². The van der Waals surface area contributed by atoms with Crippen molar-refractivity contribution < 1.29 is 14.6 Å². The average Bonchev–Trinajstić information content (AvgIpc) is 2.25. The number of ether oxygens (including phenoxy) is 1. The third-order valence-electron chi connectivity index (χ3n) is 3.08. The Labute approximate surface area is 113 Å². The van der Waals surface area contributed by atoms with Crippen LogP contribution in [0.5, 0.6) is 5.88 Å². The normalized spacial score (nSPS) is 18.9. The van der Waals surface area contributed by atoms with Crippen LogP contribution in [-0.2, 0) is 17.7 Å². The second-order valence-electron chi connectivity index (χ2n) is 5.97. The van der Waals surface area contributed by atoms with E-state index in [0.717, 1.165) is 11.1 Å². The summed E-state index contributed by atoms with van der Waals surface area (Å²) in [6.45, 7) is 8.01. The highest BCUT2D eigenvalue weighted by molar-refractivity contribution is 5.69. The number of amides is 1. The van der Waals surface area contributed by atoms with Crippen LogP contribution in [0.4, 0.5) is 4.79 Å². The van der Waals surface area contributed by atoms with Crippen LogP contribution in [0.3, 0.4) is 0 Å². The molecule has 5 heteroatoms. The first kappa shape index (κ1) is 13.6. The van der Waals surface area contributed by atoms with Crippen molar-refractivity contribution in [2.45, 2.75) is 52.3 Å². The Bertz CT molecular complexity index is 494. The first-order valence-corrected chi connectivity index (χ1v) is 6.42. The van der Waals surface area contributed by atoms with Crippen LogP contribution in [0.25, 0.3) is 0 Å². The number of aromatic nitrogens is 1. The lowest BCUT2D eigenvalue weighted by atomic mass is 9.97. The molecule has 1 amide bonds. The maximum Gasteiger partial charge on any atom is 0.410 e. The predicted octanol–water partition coefficient (Wildman–Crippen LogP) is 2.47. The Kier molecular flexibility index (Phi) is 3.39. The van der Waals surface area contributed by atoms with Crippen molar-refractivity contribution in [1.29, 1.82) is 0 Å². The Morgan fingerprint density at radius 3 is 2.79 bits per heavy atom. The second-order valence-corrected chi connectivity index (χ2v) is 5.97. The van der Waals surface area contributed by atoms with E-state index >= 15 is 0 Å². The van der Waals surface area contributed by atoms with E-state index in [4.69, 9.17) is 4.74 Å². The molecule has 1 N–H and O–H groups in total. The van der Waals surface area contributed by atoms with Gasteiger partial charge in [-0.2, -0.15) is 0 Å². The Balaban J connectivity index is 2.17. The van der Waals surface area contributed by atoms with E-state index in [1.807, 2.05) is 27.7 Å². The highest BCUT2D eigenvalue weighted by atomic mass is 16.6. The van der Waals surface area contributed by atoms with Crippen molar-refractivity contribution in [3.63, 3.8) is 0 Å². The van der Waals surface area contributed by atoms with E-state index in [0.29, 0.717) is 13.0 Å². The van der Waals surface area contributed by atoms with Gasteiger partial charge in [-0.25, -0.2) is 9.78 Å². The van der Waals surface area contributed by atoms with Crippen LogP contribution in [0.1, 0.15) is 38.8 Å². The van der Waals surface area contributed by atoms with Gasteiger partial charge in [-0.15, -0.1) is 0 Å². The number of carbonyl (C=O) groups is 1. The molecule has 1 aromatic rings. The number of aromatic hydroxyl groups is 1. The third kappa shape index (κ3) is 3.16. The molecule has 19 heavy (non-hydrogen) atoms. The van der Waals surface area contributed by atoms with Gasteiger partial charge in [0.15, 0.2) is 0 Å². The monoisotopic (exact) mass is 264 g/mol. The van der Waals surface area contributed by atoms with Gasteiger partial charge in [0.05, 0.1) is 6.54 Å². The van der Waals surface area contributed by atoms with Gasteiger partial charge in [0, 0.05) is 18.3 Å². The standard InChI is InChI=1S/C14H20N2O3/c1-9-5-10-6-12(17)15-7-11(10)8-16(9)13(18)19-14(2,3)4/h6-7,9H,5,8H2,1-4H3,(H,15,17). The van der Waals surface area contributed by atoms with Gasteiger partial charge in [-0.3, -0.25) is 0 Å². The molecule has 1 aliphatic heterocycles. The zero-order valence-electron chi connectivity index (χ0n) is 11.8. The van der Waals surface area contributed by atoms with Gasteiger partial charge in [0.1, 0.15) is 5.60 Å². The number of rotatable bonds is 0. The quantitative estimate of drug-likeness (QED) is 0.782. The smallest absolute Gasteiger partial charge is 0.410 e. The predicted molar refractivity (Wildman–Crippen MR) is 70.8 cm³/mol. The summed E-state index contributed by atoms with van der Waals surface area (Å²) >= 11 is 0. The summed E-state index contributed by atoms with van der Waals surface area (Å²) in [6.07, 6.45) is 2.01. The minimum Gasteiger partial charge on any atom is -0.493 e. The Hall–Kier alpha value is -1.78. The SMILES string of the molecule is CC1Cc2cc(O)ncc2CN1C(=O)OC(C)(C)C. The molecule has 0 bridgehead atoms. The van der Waals surface area contributed by atoms with Crippen molar-refractivity contribution in [3.8, 4) is 5.88 Å². The first-order valence-electron chi connectivity index (χ1n) is 6.42. The molecule has 1 unspecified atom stereocenters. The van der Waals surface area contributed by atoms with Gasteiger partial charge < -0.3 is 14.7 Å². The van der Waals surface area contributed by atoms with Crippen LogP contribution in [0.2, 0.25) is 0 Å². The number of pyridine rings is 1. The number of hydrogen-bond acceptors (Lipinski definition) is 4. The molecule has 0 saturated heterocycles. The molecule has 2 rings (SSSR count). The van der Waals surface area contributed by atoms with Crippen molar-refractivity contribution >= 4 is 6.09 Å². The van der Waals surface area contributed by atoms with E-state index in [-0.39, 0.29) is 18.0 Å². The maximum atomic E-state index is 12.1. The molecule has 0 aromatic carbocycles. The molecule has 104 valence electrons. The summed E-state index contributed by atoms with van der Waals surface area (Å²) in [5.41, 5.74) is 1.51. The number of carbonyl (C=O) groups excluding carboxylic acids is 1. The Morgan fingerprint density at radius 2 is 2.16 bits per heavy atom. The second kappa shape index (κ2) is 4.72. The van der Waals surface area contributed by atoms with Crippen molar-refractivity contribution in [2.75, 3.05) is 0 Å². The topological polar surface area (TPSA) is 62.7 Å². The maximum absolute atomic E-state index is 12.1. The number of fused-ring (bicyclic) bond motifs is 1. The van der Waals surface area contributed by atoms with Gasteiger partial charge in [0.25, 0.3) is 0 Å². The molecule has 2 heterocycles. The van der Waals surface area contributed by atoms with Crippen LogP contribution >= 0.6 is 0 Å². The summed E-state index contributed by atoms with van der Waals surface area (Å²) in [7, 11) is 0. The van der Waals surface area contributed by atoms with E-state index in [9.17, 15) is 9.90 Å². The van der Waals surface area contributed by atoms with Crippen molar-refractivity contribution in [2.24, 2.45) is 0 Å². The fraction of sp³-hybridized carbons (Fsp3) is 0.571. The highest BCUT2D eigenvalue weighted by Crippen LogP contribution is 2.26. The van der Waals surface area contributed by atoms with E-state index in [1.165, 1.54) is 0 Å². The summed E-state index contributed by atoms with van der Waals surface area (Å²) in [5.74, 6) is 0.0247. The molecule has 5 nitrogen and oxygen atoms in total. The zero-order chi connectivity index (χ0) is 14.2. The summed E-state index contributed by atoms with van der Waals surface area (Å²) in [4.78, 5) is 17.7. The fourth-order valence-corrected chi connectivity index (χ4v) is 2.18. The van der Waals surface area contributed by atoms with Crippen LogP contribution < -0.4 is 0 Å². The van der Waals surface area contributed by atoms with Gasteiger partial charge in [0.2, 0.25) is 5.88 Å². The first-order chi connectivity index (χ1) is 8.76. The summed E-state index contributed by atoms with van der Waals surface area (Å²) < 4.78 is 5.40. The molecule has 0 aliphatic carbocycles. The van der Waals surface area contributed by atoms with E-state index in [2.05, 4.69) is 4.98 Å². The summed E-state index contributed by atoms with van der Waals surface area (Å²) in [5, 5.41) is 9.39. The molecule has 0 spiro atoms. The lowest BCUT2D eigenvalue weighted by Crippen LogP contribution is -2.45. The average molecular weight is 264 g/mol. The third-order valence-corrected chi connectivity index (χ3v) is 3.08. The molecule has 1 aromatic heterocycles. The molecular formula is C14H20N2O3. The van der Waals surface area contributed by atoms with Gasteiger partial charge in [-0.1, -0.05) is 0 Å². The molecular weight excluding hydrogens is 244 g/mol. The summed E-state index contributed by atoms with van der Waals surface area (Å²) in [6, 6.07) is 1.71. The van der Waals surface area contributed by atoms with Crippen LogP contribution in [0, 0.1) is 0 Å². The molecule has 0 fully saturated rings. The zero-order valence-corrected chi connectivity index (χ0v) is 11.8. The minimum atomic E-state index is -0.496. The highest BCUT2D eigenvalue weighted by Gasteiger charge is 2.30. The van der Waals surface area contributed by atoms with Crippen molar-refractivity contribution in [3.05, 3.63) is 23.4 Å². The lowest BCUT2D eigenvalue weighted by molar-refractivity contribution is 0.0138. The van der Waals surface area contributed by atoms with Crippen LogP contribution in [0.15, 0.2) is 12.3 Å². The number of nitrogens with zero attached hydrogens (tertiary/aromatic N) is 2.